The Morgan fingerprint density at radius 1 is 1.08 bits per heavy atom. The van der Waals surface area contributed by atoms with Crippen molar-refractivity contribution in [3.8, 4) is 5.75 Å². The van der Waals surface area contributed by atoms with Crippen molar-refractivity contribution in [2.24, 2.45) is 0 Å². The minimum Gasteiger partial charge on any atom is -0.492 e. The number of hydrogen-bond acceptors (Lipinski definition) is 4. The summed E-state index contributed by atoms with van der Waals surface area (Å²) in [6.45, 7) is 4.07. The molecule has 1 N–H and O–H groups in total. The number of methoxy groups -OCH3 is 1. The van der Waals surface area contributed by atoms with Crippen LogP contribution in [-0.4, -0.2) is 49.8 Å². The summed E-state index contributed by atoms with van der Waals surface area (Å²) in [6.07, 6.45) is 7.48. The highest BCUT2D eigenvalue weighted by atomic mass is 16.5. The Balaban J connectivity index is 1.48. The Morgan fingerprint density at radius 2 is 1.76 bits per heavy atom. The van der Waals surface area contributed by atoms with E-state index in [1.54, 1.807) is 7.11 Å². The summed E-state index contributed by atoms with van der Waals surface area (Å²) in [5.74, 6) is 0.814. The van der Waals surface area contributed by atoms with Crippen LogP contribution in [0.5, 0.6) is 5.75 Å². The Labute approximate surface area is 150 Å². The second-order valence-corrected chi connectivity index (χ2v) is 7.13. The Morgan fingerprint density at radius 3 is 2.40 bits per heavy atom. The number of nitrogens with zero attached hydrogens (tertiary/aromatic N) is 1. The van der Waals surface area contributed by atoms with Crippen molar-refractivity contribution in [2.75, 3.05) is 38.7 Å². The monoisotopic (exact) mass is 346 g/mol. The van der Waals surface area contributed by atoms with Crippen molar-refractivity contribution in [1.82, 2.24) is 4.90 Å². The van der Waals surface area contributed by atoms with Gasteiger partial charge in [-0.25, -0.2) is 0 Å². The highest BCUT2D eigenvalue weighted by Crippen LogP contribution is 2.32. The number of benzene rings is 1. The summed E-state index contributed by atoms with van der Waals surface area (Å²) < 4.78 is 11.4. The van der Waals surface area contributed by atoms with Crippen LogP contribution in [0.2, 0.25) is 0 Å². The molecule has 1 saturated heterocycles. The molecule has 0 spiro atoms. The zero-order chi connectivity index (χ0) is 17.5. The molecule has 25 heavy (non-hydrogen) atoms. The van der Waals surface area contributed by atoms with E-state index in [0.29, 0.717) is 6.61 Å². The van der Waals surface area contributed by atoms with Gasteiger partial charge in [0.15, 0.2) is 0 Å². The van der Waals surface area contributed by atoms with Gasteiger partial charge in [-0.2, -0.15) is 0 Å². The van der Waals surface area contributed by atoms with E-state index in [2.05, 4.69) is 10.2 Å². The molecule has 0 aromatic heterocycles. The van der Waals surface area contributed by atoms with Crippen LogP contribution in [0.1, 0.15) is 44.9 Å². The maximum absolute atomic E-state index is 12.7. The number of hydrogen-bond donors (Lipinski definition) is 1. The summed E-state index contributed by atoms with van der Waals surface area (Å²) in [5.41, 5.74) is 0.127. The van der Waals surface area contributed by atoms with Crippen LogP contribution >= 0.6 is 0 Å². The average molecular weight is 346 g/mol. The van der Waals surface area contributed by atoms with Crippen LogP contribution in [0.15, 0.2) is 24.3 Å². The summed E-state index contributed by atoms with van der Waals surface area (Å²) in [4.78, 5) is 15.1. The lowest BCUT2D eigenvalue weighted by atomic mass is 9.84. The lowest BCUT2D eigenvalue weighted by Gasteiger charge is -2.34. The molecular formula is C20H30N2O3. The van der Waals surface area contributed by atoms with Gasteiger partial charge in [0.25, 0.3) is 5.91 Å². The predicted octanol–water partition coefficient (Wildman–Crippen LogP) is 3.45. The van der Waals surface area contributed by atoms with Crippen LogP contribution in [0.3, 0.4) is 0 Å². The molecule has 2 fully saturated rings. The van der Waals surface area contributed by atoms with Crippen molar-refractivity contribution in [3.63, 3.8) is 0 Å². The van der Waals surface area contributed by atoms with E-state index in [0.717, 1.165) is 43.7 Å². The zero-order valence-electron chi connectivity index (χ0n) is 15.3. The van der Waals surface area contributed by atoms with Gasteiger partial charge >= 0.3 is 0 Å². The largest absolute Gasteiger partial charge is 0.492 e. The summed E-state index contributed by atoms with van der Waals surface area (Å²) >= 11 is 0. The van der Waals surface area contributed by atoms with Gasteiger partial charge in [-0.05, 0) is 63.0 Å². The Bertz CT molecular complexity index is 547. The SMILES string of the molecule is COC1(C(=O)Nc2ccc(OCCN3CCCC3)cc2)CCCCC1. The fraction of sp³-hybridized carbons (Fsp3) is 0.650. The summed E-state index contributed by atoms with van der Waals surface area (Å²) in [5, 5.41) is 3.00. The van der Waals surface area contributed by atoms with Gasteiger partial charge in [-0.15, -0.1) is 0 Å². The number of amides is 1. The van der Waals surface area contributed by atoms with E-state index in [1.165, 1.54) is 32.4 Å². The van der Waals surface area contributed by atoms with Crippen LogP contribution in [-0.2, 0) is 9.53 Å². The molecule has 1 heterocycles. The zero-order valence-corrected chi connectivity index (χ0v) is 15.3. The van der Waals surface area contributed by atoms with E-state index in [9.17, 15) is 4.79 Å². The molecule has 5 nitrogen and oxygen atoms in total. The van der Waals surface area contributed by atoms with Gasteiger partial charge in [0, 0.05) is 19.3 Å². The molecule has 1 aliphatic carbocycles. The van der Waals surface area contributed by atoms with Crippen LogP contribution in [0, 0.1) is 0 Å². The van der Waals surface area contributed by atoms with E-state index in [4.69, 9.17) is 9.47 Å². The molecule has 1 saturated carbocycles. The third-order valence-electron chi connectivity index (χ3n) is 5.45. The quantitative estimate of drug-likeness (QED) is 0.821. The molecule has 0 radical (unpaired) electrons. The molecule has 0 unspecified atom stereocenters. The molecule has 1 aliphatic heterocycles. The number of carbonyl (C=O) groups is 1. The molecule has 2 aliphatic rings. The Hall–Kier alpha value is -1.59. The minimum atomic E-state index is -0.664. The number of carbonyl (C=O) groups excluding carboxylic acids is 1. The first-order valence-corrected chi connectivity index (χ1v) is 9.54. The molecular weight excluding hydrogens is 316 g/mol. The van der Waals surface area contributed by atoms with Crippen LogP contribution in [0.25, 0.3) is 0 Å². The fourth-order valence-corrected chi connectivity index (χ4v) is 3.83. The van der Waals surface area contributed by atoms with Crippen molar-refractivity contribution < 1.29 is 14.3 Å². The highest BCUT2D eigenvalue weighted by Gasteiger charge is 2.39. The predicted molar refractivity (Wildman–Crippen MR) is 99.1 cm³/mol. The first kappa shape index (κ1) is 18.2. The molecule has 3 rings (SSSR count). The summed E-state index contributed by atoms with van der Waals surface area (Å²) in [7, 11) is 1.64. The molecule has 1 amide bonds. The van der Waals surface area contributed by atoms with Gasteiger partial charge < -0.3 is 14.8 Å². The summed E-state index contributed by atoms with van der Waals surface area (Å²) in [6, 6.07) is 7.63. The lowest BCUT2D eigenvalue weighted by Crippen LogP contribution is -2.46. The van der Waals surface area contributed by atoms with Gasteiger partial charge in [-0.1, -0.05) is 19.3 Å². The van der Waals surface area contributed by atoms with Gasteiger partial charge in [-0.3, -0.25) is 9.69 Å². The van der Waals surface area contributed by atoms with Crippen LogP contribution in [0.4, 0.5) is 5.69 Å². The van der Waals surface area contributed by atoms with Gasteiger partial charge in [0.2, 0.25) is 0 Å². The average Bonchev–Trinajstić information content (AvgIpc) is 3.17. The van der Waals surface area contributed by atoms with Crippen molar-refractivity contribution in [2.45, 2.75) is 50.5 Å². The first-order chi connectivity index (χ1) is 12.2. The van der Waals surface area contributed by atoms with E-state index in [-0.39, 0.29) is 5.91 Å². The van der Waals surface area contributed by atoms with Crippen molar-refractivity contribution in [1.29, 1.82) is 0 Å². The van der Waals surface area contributed by atoms with E-state index < -0.39 is 5.60 Å². The van der Waals surface area contributed by atoms with E-state index in [1.807, 2.05) is 24.3 Å². The van der Waals surface area contributed by atoms with Gasteiger partial charge in [0.05, 0.1) is 0 Å². The normalized spacial score (nSPS) is 20.4. The number of anilines is 1. The van der Waals surface area contributed by atoms with Crippen molar-refractivity contribution in [3.05, 3.63) is 24.3 Å². The molecule has 0 atom stereocenters. The maximum Gasteiger partial charge on any atom is 0.256 e. The maximum atomic E-state index is 12.7. The smallest absolute Gasteiger partial charge is 0.256 e. The molecule has 1 aromatic rings. The molecule has 138 valence electrons. The third kappa shape index (κ3) is 4.73. The molecule has 1 aromatic carbocycles. The third-order valence-corrected chi connectivity index (χ3v) is 5.45. The lowest BCUT2D eigenvalue weighted by molar-refractivity contribution is -0.141. The van der Waals surface area contributed by atoms with Crippen LogP contribution < -0.4 is 10.1 Å². The van der Waals surface area contributed by atoms with E-state index >= 15 is 0 Å². The number of likely N-dealkylation sites (tertiary alicyclic amines) is 1. The number of ether oxygens (including phenoxy) is 2. The number of rotatable bonds is 7. The van der Waals surface area contributed by atoms with Gasteiger partial charge in [0.1, 0.15) is 18.0 Å². The molecule has 0 bridgehead atoms. The minimum absolute atomic E-state index is 0.0302. The fourth-order valence-electron chi connectivity index (χ4n) is 3.83. The number of nitrogens with one attached hydrogen (secondary N) is 1. The standard InChI is InChI=1S/C20H30N2O3/c1-24-20(11-3-2-4-12-20)19(23)21-17-7-9-18(10-8-17)25-16-15-22-13-5-6-14-22/h7-10H,2-6,11-16H2,1H3,(H,21,23). The molecule has 5 heteroatoms. The first-order valence-electron chi connectivity index (χ1n) is 9.54. The Kier molecular flexibility index (Phi) is 6.32. The highest BCUT2D eigenvalue weighted by molar-refractivity contribution is 5.97. The second kappa shape index (κ2) is 8.68. The second-order valence-electron chi connectivity index (χ2n) is 7.13. The van der Waals surface area contributed by atoms with Crippen molar-refractivity contribution >= 4 is 11.6 Å². The topological polar surface area (TPSA) is 50.8 Å².